The quantitative estimate of drug-likeness (QED) is 0.823. The van der Waals surface area contributed by atoms with Gasteiger partial charge in [0.15, 0.2) is 5.78 Å². The molecule has 1 atom stereocenters. The fourth-order valence-corrected chi connectivity index (χ4v) is 1.51. The number of benzene rings is 1. The van der Waals surface area contributed by atoms with Crippen LogP contribution in [0.2, 0.25) is 0 Å². The number of rotatable bonds is 4. The zero-order valence-corrected chi connectivity index (χ0v) is 9.00. The Bertz CT molecular complexity index is 366. The lowest BCUT2D eigenvalue weighted by atomic mass is 10.0. The van der Waals surface area contributed by atoms with Crippen LogP contribution in [0.5, 0.6) is 5.75 Å². The first-order valence-electron chi connectivity index (χ1n) is 4.61. The Balaban J connectivity index is 3.19. The van der Waals surface area contributed by atoms with E-state index in [1.165, 1.54) is 32.2 Å². The van der Waals surface area contributed by atoms with Crippen molar-refractivity contribution in [3.8, 4) is 5.75 Å². The van der Waals surface area contributed by atoms with Gasteiger partial charge in [-0.25, -0.2) is 4.39 Å². The predicted molar refractivity (Wildman–Crippen MR) is 55.4 cm³/mol. The number of halogens is 1. The zero-order valence-electron chi connectivity index (χ0n) is 9.00. The Morgan fingerprint density at radius 1 is 1.53 bits per heavy atom. The van der Waals surface area contributed by atoms with Crippen LogP contribution in [0.15, 0.2) is 18.2 Å². The van der Waals surface area contributed by atoms with Gasteiger partial charge in [-0.1, -0.05) is 0 Å². The number of Topliss-reactive ketones (excluding diaryl/α,β-unsaturated/α-hetero) is 1. The summed E-state index contributed by atoms with van der Waals surface area (Å²) in [6.07, 6.45) is 0. The van der Waals surface area contributed by atoms with Crippen LogP contribution in [0.3, 0.4) is 0 Å². The van der Waals surface area contributed by atoms with E-state index in [4.69, 9.17) is 4.74 Å². The maximum absolute atomic E-state index is 13.0. The summed E-state index contributed by atoms with van der Waals surface area (Å²) in [6, 6.07) is 3.59. The van der Waals surface area contributed by atoms with Crippen molar-refractivity contribution in [1.82, 2.24) is 5.32 Å². The number of nitrogens with one attached hydrogen (secondary N) is 1. The molecule has 15 heavy (non-hydrogen) atoms. The van der Waals surface area contributed by atoms with E-state index in [2.05, 4.69) is 5.32 Å². The third-order valence-corrected chi connectivity index (χ3v) is 2.20. The summed E-state index contributed by atoms with van der Waals surface area (Å²) in [7, 11) is 3.14. The molecular weight excluding hydrogens is 197 g/mol. The van der Waals surface area contributed by atoms with Gasteiger partial charge < -0.3 is 10.1 Å². The van der Waals surface area contributed by atoms with Gasteiger partial charge >= 0.3 is 0 Å². The molecule has 1 rings (SSSR count). The summed E-state index contributed by atoms with van der Waals surface area (Å²) in [5.41, 5.74) is 0.521. The first kappa shape index (κ1) is 11.7. The highest BCUT2D eigenvalue weighted by molar-refractivity contribution is 5.83. The fraction of sp³-hybridized carbons (Fsp3) is 0.364. The highest BCUT2D eigenvalue weighted by Gasteiger charge is 2.19. The first-order valence-corrected chi connectivity index (χ1v) is 4.61. The Labute approximate surface area is 88.2 Å². The van der Waals surface area contributed by atoms with Gasteiger partial charge in [0.1, 0.15) is 11.6 Å². The van der Waals surface area contributed by atoms with Gasteiger partial charge in [-0.3, -0.25) is 4.79 Å². The molecule has 0 saturated carbocycles. The zero-order chi connectivity index (χ0) is 11.4. The number of hydrogen-bond acceptors (Lipinski definition) is 3. The number of ketones is 1. The first-order chi connectivity index (χ1) is 7.10. The molecule has 3 nitrogen and oxygen atoms in total. The van der Waals surface area contributed by atoms with Crippen molar-refractivity contribution in [3.63, 3.8) is 0 Å². The van der Waals surface area contributed by atoms with E-state index in [1.54, 1.807) is 7.05 Å². The van der Waals surface area contributed by atoms with E-state index in [9.17, 15) is 9.18 Å². The SMILES string of the molecule is CNC(C(C)=O)c1cc(F)ccc1OC. The highest BCUT2D eigenvalue weighted by Crippen LogP contribution is 2.26. The molecule has 0 radical (unpaired) electrons. The Kier molecular flexibility index (Phi) is 3.80. The van der Waals surface area contributed by atoms with Gasteiger partial charge in [0, 0.05) is 5.56 Å². The maximum Gasteiger partial charge on any atom is 0.151 e. The van der Waals surface area contributed by atoms with Crippen molar-refractivity contribution in [3.05, 3.63) is 29.6 Å². The van der Waals surface area contributed by atoms with Crippen molar-refractivity contribution in [2.24, 2.45) is 0 Å². The molecule has 0 bridgehead atoms. The summed E-state index contributed by atoms with van der Waals surface area (Å²) in [5, 5.41) is 2.82. The van der Waals surface area contributed by atoms with E-state index >= 15 is 0 Å². The van der Waals surface area contributed by atoms with Gasteiger partial charge in [0.05, 0.1) is 13.2 Å². The molecule has 0 heterocycles. The molecular formula is C11H14FNO2. The summed E-state index contributed by atoms with van der Waals surface area (Å²) in [6.45, 7) is 1.45. The van der Waals surface area contributed by atoms with E-state index in [1.807, 2.05) is 0 Å². The van der Waals surface area contributed by atoms with Crippen LogP contribution in [-0.4, -0.2) is 19.9 Å². The Hall–Kier alpha value is -1.42. The van der Waals surface area contributed by atoms with Crippen LogP contribution in [-0.2, 0) is 4.79 Å². The van der Waals surface area contributed by atoms with E-state index in [0.29, 0.717) is 11.3 Å². The Morgan fingerprint density at radius 3 is 2.67 bits per heavy atom. The lowest BCUT2D eigenvalue weighted by Gasteiger charge is -2.16. The number of ether oxygens (including phenoxy) is 1. The number of hydrogen-bond donors (Lipinski definition) is 1. The molecule has 0 aliphatic rings. The minimum atomic E-state index is -0.532. The van der Waals surface area contributed by atoms with E-state index < -0.39 is 6.04 Å². The van der Waals surface area contributed by atoms with Crippen molar-refractivity contribution >= 4 is 5.78 Å². The van der Waals surface area contributed by atoms with Gasteiger partial charge in [0.2, 0.25) is 0 Å². The number of carbonyl (C=O) groups excluding carboxylic acids is 1. The lowest BCUT2D eigenvalue weighted by Crippen LogP contribution is -2.23. The van der Waals surface area contributed by atoms with Gasteiger partial charge in [-0.05, 0) is 32.2 Å². The predicted octanol–water partition coefficient (Wildman–Crippen LogP) is 1.68. The smallest absolute Gasteiger partial charge is 0.151 e. The molecule has 1 N–H and O–H groups in total. The number of methoxy groups -OCH3 is 1. The van der Waals surface area contributed by atoms with Crippen molar-refractivity contribution in [1.29, 1.82) is 0 Å². The normalized spacial score (nSPS) is 12.3. The van der Waals surface area contributed by atoms with Crippen LogP contribution >= 0.6 is 0 Å². The second-order valence-electron chi connectivity index (χ2n) is 3.22. The van der Waals surface area contributed by atoms with Gasteiger partial charge in [-0.2, -0.15) is 0 Å². The summed E-state index contributed by atoms with van der Waals surface area (Å²) in [5.74, 6) is 0.0413. The second kappa shape index (κ2) is 4.89. The van der Waals surface area contributed by atoms with E-state index in [0.717, 1.165) is 0 Å². The van der Waals surface area contributed by atoms with Crippen LogP contribution in [0.25, 0.3) is 0 Å². The van der Waals surface area contributed by atoms with Gasteiger partial charge in [0.25, 0.3) is 0 Å². The third-order valence-electron chi connectivity index (χ3n) is 2.20. The molecule has 0 saturated heterocycles. The van der Waals surface area contributed by atoms with Crippen molar-refractivity contribution in [2.75, 3.05) is 14.2 Å². The summed E-state index contributed by atoms with van der Waals surface area (Å²) in [4.78, 5) is 11.3. The maximum atomic E-state index is 13.0. The molecule has 0 amide bonds. The molecule has 1 unspecified atom stereocenters. The molecule has 1 aromatic carbocycles. The topological polar surface area (TPSA) is 38.3 Å². The molecule has 0 spiro atoms. The fourth-order valence-electron chi connectivity index (χ4n) is 1.51. The standard InChI is InChI=1S/C11H14FNO2/c1-7(14)11(13-2)9-6-8(12)4-5-10(9)15-3/h4-6,11,13H,1-3H3. The van der Waals surface area contributed by atoms with Crippen LogP contribution < -0.4 is 10.1 Å². The summed E-state index contributed by atoms with van der Waals surface area (Å²) < 4.78 is 18.1. The number of carbonyl (C=O) groups is 1. The van der Waals surface area contributed by atoms with Crippen molar-refractivity contribution in [2.45, 2.75) is 13.0 Å². The molecule has 82 valence electrons. The second-order valence-corrected chi connectivity index (χ2v) is 3.22. The van der Waals surface area contributed by atoms with Gasteiger partial charge in [-0.15, -0.1) is 0 Å². The third kappa shape index (κ3) is 2.53. The largest absolute Gasteiger partial charge is 0.496 e. The Morgan fingerprint density at radius 2 is 2.20 bits per heavy atom. The van der Waals surface area contributed by atoms with Crippen molar-refractivity contribution < 1.29 is 13.9 Å². The molecule has 1 aromatic rings. The van der Waals surface area contributed by atoms with Crippen LogP contribution in [0.4, 0.5) is 4.39 Å². The monoisotopic (exact) mass is 211 g/mol. The molecule has 0 fully saturated rings. The van der Waals surface area contributed by atoms with Crippen LogP contribution in [0.1, 0.15) is 18.5 Å². The minimum absolute atomic E-state index is 0.0820. The lowest BCUT2D eigenvalue weighted by molar-refractivity contribution is -0.119. The minimum Gasteiger partial charge on any atom is -0.496 e. The van der Waals surface area contributed by atoms with E-state index in [-0.39, 0.29) is 11.6 Å². The summed E-state index contributed by atoms with van der Waals surface area (Å²) >= 11 is 0. The average Bonchev–Trinajstić information content (AvgIpc) is 2.18. The molecule has 4 heteroatoms. The molecule has 0 aliphatic heterocycles. The average molecular weight is 211 g/mol. The molecule has 0 aromatic heterocycles. The molecule has 0 aliphatic carbocycles. The number of likely N-dealkylation sites (N-methyl/N-ethyl adjacent to an activating group) is 1. The highest BCUT2D eigenvalue weighted by atomic mass is 19.1. The van der Waals surface area contributed by atoms with Crippen LogP contribution in [0, 0.1) is 5.82 Å².